The molecular weight excluding hydrogens is 618 g/mol. The Hall–Kier alpha value is -4.01. The molecule has 45 heavy (non-hydrogen) atoms. The number of phenols is 1. The maximum atomic E-state index is 14.5. The molecule has 1 N–H and O–H groups in total. The van der Waals surface area contributed by atoms with E-state index in [9.17, 15) is 28.7 Å². The number of rotatable bonds is 4. The van der Waals surface area contributed by atoms with Gasteiger partial charge < -0.3 is 5.11 Å². The minimum atomic E-state index is -1.34. The lowest BCUT2D eigenvalue weighted by molar-refractivity contribution is -0.131. The van der Waals surface area contributed by atoms with Crippen molar-refractivity contribution >= 4 is 58.2 Å². The number of allylic oxidation sites excluding steroid dienone is 2. The molecule has 4 amide bonds. The fourth-order valence-electron chi connectivity index (χ4n) is 8.11. The molecular formula is C35H29Cl2FN2O5. The van der Waals surface area contributed by atoms with Crippen LogP contribution in [0.3, 0.4) is 0 Å². The van der Waals surface area contributed by atoms with Crippen LogP contribution >= 0.6 is 23.2 Å². The van der Waals surface area contributed by atoms with Crippen LogP contribution in [0.4, 0.5) is 15.8 Å². The maximum absolute atomic E-state index is 14.5. The summed E-state index contributed by atoms with van der Waals surface area (Å²) in [6.07, 6.45) is 3.20. The van der Waals surface area contributed by atoms with E-state index in [0.717, 1.165) is 28.5 Å². The van der Waals surface area contributed by atoms with Gasteiger partial charge in [-0.3, -0.25) is 24.1 Å². The van der Waals surface area contributed by atoms with Crippen LogP contribution in [0, 0.1) is 34.9 Å². The first-order valence-corrected chi connectivity index (χ1v) is 15.7. The first kappa shape index (κ1) is 29.7. The van der Waals surface area contributed by atoms with Crippen LogP contribution in [0.1, 0.15) is 43.7 Å². The third-order valence-electron chi connectivity index (χ3n) is 10.3. The zero-order valence-electron chi connectivity index (χ0n) is 24.5. The normalized spacial score (nSPS) is 29.1. The Morgan fingerprint density at radius 3 is 2.24 bits per heavy atom. The fraction of sp³-hybridized carbons (Fsp3) is 0.314. The second kappa shape index (κ2) is 10.5. The number of fused-ring (bicyclic) bond motifs is 4. The molecule has 3 aromatic rings. The predicted molar refractivity (Wildman–Crippen MR) is 167 cm³/mol. The lowest BCUT2D eigenvalue weighted by Gasteiger charge is -2.49. The standard InChI is InChI=1S/C35H29Cl2FN2O5/c1-3-17-4-6-18(7-5-17)39-31(42)23-12-11-21-24(29(23)33(39)44)16-25-32(43)40(19-8-13-28(38)27(37)14-19)34(45)35(25,2)30(21)22-10-9-20(41)15-26(22)36/h4-11,13-15,23-25,29-30,41H,3,12,16H2,1-2H3. The highest BCUT2D eigenvalue weighted by molar-refractivity contribution is 6.32. The van der Waals surface area contributed by atoms with Crippen molar-refractivity contribution in [1.82, 2.24) is 0 Å². The van der Waals surface area contributed by atoms with Crippen LogP contribution < -0.4 is 9.80 Å². The number of benzene rings is 3. The molecule has 2 saturated heterocycles. The summed E-state index contributed by atoms with van der Waals surface area (Å²) in [4.78, 5) is 59.0. The number of hydrogen-bond acceptors (Lipinski definition) is 5. The largest absolute Gasteiger partial charge is 0.508 e. The average molecular weight is 648 g/mol. The first-order valence-electron chi connectivity index (χ1n) is 15.0. The van der Waals surface area contributed by atoms with Gasteiger partial charge in [0.25, 0.3) is 0 Å². The van der Waals surface area contributed by atoms with Crippen LogP contribution in [0.25, 0.3) is 0 Å². The molecule has 0 aromatic heterocycles. The van der Waals surface area contributed by atoms with Crippen molar-refractivity contribution in [3.63, 3.8) is 0 Å². The summed E-state index contributed by atoms with van der Waals surface area (Å²) in [6, 6.07) is 15.5. The summed E-state index contributed by atoms with van der Waals surface area (Å²) < 4.78 is 14.1. The molecule has 4 aliphatic rings. The first-order chi connectivity index (χ1) is 21.5. The van der Waals surface area contributed by atoms with Crippen LogP contribution in [0.5, 0.6) is 5.75 Å². The Labute approximate surface area is 269 Å². The molecule has 0 bridgehead atoms. The topological polar surface area (TPSA) is 95.0 Å². The lowest BCUT2D eigenvalue weighted by atomic mass is 9.51. The van der Waals surface area contributed by atoms with E-state index in [4.69, 9.17) is 23.2 Å². The zero-order valence-corrected chi connectivity index (χ0v) is 26.0. The lowest BCUT2D eigenvalue weighted by Crippen LogP contribution is -2.49. The Bertz CT molecular complexity index is 1840. The summed E-state index contributed by atoms with van der Waals surface area (Å²) >= 11 is 12.8. The van der Waals surface area contributed by atoms with Gasteiger partial charge in [-0.15, -0.1) is 0 Å². The van der Waals surface area contributed by atoms with E-state index in [-0.39, 0.29) is 46.1 Å². The number of hydrogen-bond donors (Lipinski definition) is 1. The minimum absolute atomic E-state index is 0.0618. The highest BCUT2D eigenvalue weighted by Gasteiger charge is 2.67. The van der Waals surface area contributed by atoms with Gasteiger partial charge in [-0.2, -0.15) is 0 Å². The van der Waals surface area contributed by atoms with Gasteiger partial charge in [-0.25, -0.2) is 9.29 Å². The van der Waals surface area contributed by atoms with Crippen LogP contribution in [-0.2, 0) is 25.6 Å². The van der Waals surface area contributed by atoms with Crippen molar-refractivity contribution < 1.29 is 28.7 Å². The highest BCUT2D eigenvalue weighted by atomic mass is 35.5. The molecule has 230 valence electrons. The maximum Gasteiger partial charge on any atom is 0.241 e. The average Bonchev–Trinajstić information content (AvgIpc) is 3.39. The van der Waals surface area contributed by atoms with Crippen LogP contribution in [0.2, 0.25) is 10.0 Å². The predicted octanol–water partition coefficient (Wildman–Crippen LogP) is 6.84. The van der Waals surface area contributed by atoms with E-state index in [2.05, 4.69) is 0 Å². The van der Waals surface area contributed by atoms with Crippen molar-refractivity contribution in [3.05, 3.63) is 99.3 Å². The molecule has 1 saturated carbocycles. The molecule has 2 aliphatic carbocycles. The van der Waals surface area contributed by atoms with Gasteiger partial charge in [-0.05, 0) is 85.7 Å². The SMILES string of the molecule is CCc1ccc(N2C(=O)C3CC=C4C(CC5C(=O)N(c6ccc(F)c(Cl)c6)C(=O)C5(C)C4c4ccc(O)cc4Cl)C3C2=O)cc1. The van der Waals surface area contributed by atoms with Crippen molar-refractivity contribution in [1.29, 1.82) is 0 Å². The smallest absolute Gasteiger partial charge is 0.241 e. The van der Waals surface area contributed by atoms with E-state index in [1.54, 1.807) is 25.1 Å². The summed E-state index contributed by atoms with van der Waals surface area (Å²) in [5.41, 5.74) is 1.69. The number of nitrogens with zero attached hydrogens (tertiary/aromatic N) is 2. The molecule has 0 spiro atoms. The van der Waals surface area contributed by atoms with E-state index in [1.165, 1.54) is 29.2 Å². The molecule has 7 nitrogen and oxygen atoms in total. The number of carbonyl (C=O) groups is 4. The van der Waals surface area contributed by atoms with Gasteiger partial charge in [0.1, 0.15) is 11.6 Å². The second-order valence-electron chi connectivity index (χ2n) is 12.5. The number of phenolic OH excluding ortho intramolecular Hbond substituents is 1. The van der Waals surface area contributed by atoms with E-state index in [1.807, 2.05) is 25.1 Å². The Morgan fingerprint density at radius 1 is 0.867 bits per heavy atom. The number of aryl methyl sites for hydroxylation is 1. The summed E-state index contributed by atoms with van der Waals surface area (Å²) in [7, 11) is 0. The molecule has 3 fully saturated rings. The molecule has 10 heteroatoms. The van der Waals surface area contributed by atoms with Gasteiger partial charge >= 0.3 is 0 Å². The molecule has 6 atom stereocenters. The molecule has 3 aromatic carbocycles. The van der Waals surface area contributed by atoms with Crippen LogP contribution in [-0.4, -0.2) is 28.7 Å². The zero-order chi connectivity index (χ0) is 31.9. The Kier molecular flexibility index (Phi) is 6.95. The molecule has 6 unspecified atom stereocenters. The number of carbonyl (C=O) groups excluding carboxylic acids is 4. The quantitative estimate of drug-likeness (QED) is 0.247. The number of anilines is 2. The van der Waals surface area contributed by atoms with Gasteiger partial charge in [0.15, 0.2) is 0 Å². The van der Waals surface area contributed by atoms with Crippen molar-refractivity contribution in [3.8, 4) is 5.75 Å². The molecule has 7 rings (SSSR count). The van der Waals surface area contributed by atoms with Crippen LogP contribution in [0.15, 0.2) is 72.3 Å². The van der Waals surface area contributed by atoms with Crippen molar-refractivity contribution in [2.75, 3.05) is 9.80 Å². The summed E-state index contributed by atoms with van der Waals surface area (Å²) in [5.74, 6) is -5.85. The Balaban J connectivity index is 1.36. The summed E-state index contributed by atoms with van der Waals surface area (Å²) in [6.45, 7) is 3.75. The van der Waals surface area contributed by atoms with Gasteiger partial charge in [0.05, 0.1) is 39.6 Å². The van der Waals surface area contributed by atoms with Gasteiger partial charge in [-0.1, -0.05) is 60.0 Å². The van der Waals surface area contributed by atoms with Crippen molar-refractivity contribution in [2.45, 2.75) is 39.0 Å². The highest BCUT2D eigenvalue weighted by Crippen LogP contribution is 2.64. The van der Waals surface area contributed by atoms with Gasteiger partial charge in [0, 0.05) is 10.9 Å². The van der Waals surface area contributed by atoms with Crippen molar-refractivity contribution in [2.24, 2.45) is 29.1 Å². The minimum Gasteiger partial charge on any atom is -0.508 e. The molecule has 2 heterocycles. The van der Waals surface area contributed by atoms with E-state index < -0.39 is 52.6 Å². The van der Waals surface area contributed by atoms with E-state index >= 15 is 0 Å². The number of imide groups is 2. The monoisotopic (exact) mass is 646 g/mol. The number of amides is 4. The second-order valence-corrected chi connectivity index (χ2v) is 13.3. The van der Waals surface area contributed by atoms with Gasteiger partial charge in [0.2, 0.25) is 23.6 Å². The number of halogens is 3. The fourth-order valence-corrected chi connectivity index (χ4v) is 8.57. The Morgan fingerprint density at radius 2 is 1.58 bits per heavy atom. The summed E-state index contributed by atoms with van der Waals surface area (Å²) in [5, 5.41) is 10.1. The number of aromatic hydroxyl groups is 1. The van der Waals surface area contributed by atoms with E-state index in [0.29, 0.717) is 11.3 Å². The molecule has 2 aliphatic heterocycles. The third kappa shape index (κ3) is 4.22. The molecule has 0 radical (unpaired) electrons. The third-order valence-corrected chi connectivity index (χ3v) is 11.0.